The average Bonchev–Trinajstić information content (AvgIpc) is 2.18. The van der Waals surface area contributed by atoms with Crippen molar-refractivity contribution in [1.82, 2.24) is 0 Å². The molecule has 0 spiro atoms. The van der Waals surface area contributed by atoms with Gasteiger partial charge in [0.05, 0.1) is 0 Å². The van der Waals surface area contributed by atoms with E-state index in [0.717, 1.165) is 5.56 Å². The van der Waals surface area contributed by atoms with Crippen LogP contribution in [0, 0.1) is 11.2 Å². The molecule has 0 bridgehead atoms. The molecule has 0 amide bonds. The monoisotopic (exact) mass is 209 g/mol. The van der Waals surface area contributed by atoms with Gasteiger partial charge in [-0.3, -0.25) is 5.41 Å². The fourth-order valence-corrected chi connectivity index (χ4v) is 1.30. The number of halogens is 1. The summed E-state index contributed by atoms with van der Waals surface area (Å²) >= 11 is 0. The van der Waals surface area contributed by atoms with Crippen LogP contribution < -0.4 is 0 Å². The van der Waals surface area contributed by atoms with Gasteiger partial charge < -0.3 is 5.11 Å². The van der Waals surface area contributed by atoms with E-state index in [9.17, 15) is 9.18 Å². The predicted molar refractivity (Wildman–Crippen MR) is 54.8 cm³/mol. The molecule has 0 aliphatic carbocycles. The highest BCUT2D eigenvalue weighted by molar-refractivity contribution is 6.34. The Morgan fingerprint density at radius 3 is 2.47 bits per heavy atom. The molecule has 3 nitrogen and oxygen atoms in total. The van der Waals surface area contributed by atoms with Crippen LogP contribution in [0.3, 0.4) is 0 Å². The van der Waals surface area contributed by atoms with Crippen molar-refractivity contribution >= 4 is 11.7 Å². The summed E-state index contributed by atoms with van der Waals surface area (Å²) in [5, 5.41) is 15.7. The van der Waals surface area contributed by atoms with Gasteiger partial charge in [-0.1, -0.05) is 19.1 Å². The molecule has 0 aliphatic rings. The summed E-state index contributed by atoms with van der Waals surface area (Å²) in [6, 6.07) is 5.87. The second kappa shape index (κ2) is 4.68. The lowest BCUT2D eigenvalue weighted by atomic mass is 9.95. The van der Waals surface area contributed by atoms with Crippen molar-refractivity contribution in [2.45, 2.75) is 19.3 Å². The molecule has 0 heterocycles. The van der Waals surface area contributed by atoms with Crippen LogP contribution in [-0.2, 0) is 4.79 Å². The number of carboxylic acid groups (broad SMARTS) is 1. The van der Waals surface area contributed by atoms with Crippen LogP contribution >= 0.6 is 0 Å². The van der Waals surface area contributed by atoms with Crippen LogP contribution in [0.4, 0.5) is 4.39 Å². The highest BCUT2D eigenvalue weighted by Crippen LogP contribution is 2.19. The predicted octanol–water partition coefficient (Wildman–Crippen LogP) is 2.42. The summed E-state index contributed by atoms with van der Waals surface area (Å²) in [6.45, 7) is 1.81. The fraction of sp³-hybridized carbons (Fsp3) is 0.273. The van der Waals surface area contributed by atoms with E-state index < -0.39 is 5.97 Å². The van der Waals surface area contributed by atoms with Crippen molar-refractivity contribution in [3.63, 3.8) is 0 Å². The zero-order valence-corrected chi connectivity index (χ0v) is 8.33. The number of hydrogen-bond acceptors (Lipinski definition) is 2. The first-order valence-electron chi connectivity index (χ1n) is 4.57. The van der Waals surface area contributed by atoms with Crippen molar-refractivity contribution in [3.8, 4) is 0 Å². The highest BCUT2D eigenvalue weighted by atomic mass is 19.1. The van der Waals surface area contributed by atoms with Gasteiger partial charge in [-0.25, -0.2) is 9.18 Å². The molecule has 1 atom stereocenters. The SMILES string of the molecule is C[C@@H](CC(=N)C(=O)O)c1ccc(F)cc1. The number of aliphatic carboxylic acids is 1. The van der Waals surface area contributed by atoms with Crippen molar-refractivity contribution in [3.05, 3.63) is 35.6 Å². The number of carbonyl (C=O) groups is 1. The molecular formula is C11H12FNO2. The molecule has 15 heavy (non-hydrogen) atoms. The topological polar surface area (TPSA) is 61.2 Å². The van der Waals surface area contributed by atoms with Gasteiger partial charge in [0.15, 0.2) is 0 Å². The third-order valence-corrected chi connectivity index (χ3v) is 2.21. The summed E-state index contributed by atoms with van der Waals surface area (Å²) in [6.07, 6.45) is 0.154. The average molecular weight is 209 g/mol. The number of carboxylic acids is 1. The van der Waals surface area contributed by atoms with Crippen molar-refractivity contribution in [2.24, 2.45) is 0 Å². The first-order chi connectivity index (χ1) is 7.00. The molecule has 1 rings (SSSR count). The summed E-state index contributed by atoms with van der Waals surface area (Å²) in [4.78, 5) is 10.4. The normalized spacial score (nSPS) is 12.1. The number of hydrogen-bond donors (Lipinski definition) is 2. The van der Waals surface area contributed by atoms with Crippen LogP contribution in [0.15, 0.2) is 24.3 Å². The largest absolute Gasteiger partial charge is 0.477 e. The smallest absolute Gasteiger partial charge is 0.349 e. The first kappa shape index (κ1) is 11.4. The van der Waals surface area contributed by atoms with E-state index in [-0.39, 0.29) is 23.9 Å². The van der Waals surface area contributed by atoms with Crippen LogP contribution in [-0.4, -0.2) is 16.8 Å². The number of nitrogens with one attached hydrogen (secondary N) is 1. The van der Waals surface area contributed by atoms with Crippen molar-refractivity contribution in [1.29, 1.82) is 5.41 Å². The molecule has 4 heteroatoms. The quantitative estimate of drug-likeness (QED) is 0.748. The molecule has 0 unspecified atom stereocenters. The lowest BCUT2D eigenvalue weighted by Gasteiger charge is -2.10. The minimum atomic E-state index is -1.20. The Labute approximate surface area is 87.1 Å². The Morgan fingerprint density at radius 1 is 1.47 bits per heavy atom. The molecule has 2 N–H and O–H groups in total. The zero-order valence-electron chi connectivity index (χ0n) is 8.33. The Morgan fingerprint density at radius 2 is 2.00 bits per heavy atom. The Balaban J connectivity index is 2.69. The Kier molecular flexibility index (Phi) is 3.55. The van der Waals surface area contributed by atoms with Gasteiger partial charge in [-0.05, 0) is 23.6 Å². The van der Waals surface area contributed by atoms with Gasteiger partial charge in [0.25, 0.3) is 0 Å². The van der Waals surface area contributed by atoms with E-state index >= 15 is 0 Å². The minimum absolute atomic E-state index is 0.0887. The van der Waals surface area contributed by atoms with E-state index in [1.54, 1.807) is 12.1 Å². The lowest BCUT2D eigenvalue weighted by Crippen LogP contribution is -2.14. The van der Waals surface area contributed by atoms with Crippen LogP contribution in [0.1, 0.15) is 24.8 Å². The van der Waals surface area contributed by atoms with Crippen LogP contribution in [0.5, 0.6) is 0 Å². The highest BCUT2D eigenvalue weighted by Gasteiger charge is 2.13. The van der Waals surface area contributed by atoms with Gasteiger partial charge in [0.1, 0.15) is 11.5 Å². The number of rotatable bonds is 4. The molecule has 0 radical (unpaired) electrons. The summed E-state index contributed by atoms with van der Waals surface area (Å²) in [7, 11) is 0. The van der Waals surface area contributed by atoms with Crippen molar-refractivity contribution in [2.75, 3.05) is 0 Å². The standard InChI is InChI=1S/C11H12FNO2/c1-7(6-10(13)11(14)15)8-2-4-9(12)5-3-8/h2-5,7,13H,6H2,1H3,(H,14,15)/t7-/m0/s1. The molecule has 0 fully saturated rings. The number of benzene rings is 1. The van der Waals surface area contributed by atoms with Crippen LogP contribution in [0.25, 0.3) is 0 Å². The Hall–Kier alpha value is -1.71. The summed E-state index contributed by atoms with van der Waals surface area (Å²) < 4.78 is 12.6. The van der Waals surface area contributed by atoms with E-state index in [1.165, 1.54) is 12.1 Å². The third-order valence-electron chi connectivity index (χ3n) is 2.21. The summed E-state index contributed by atoms with van der Waals surface area (Å²) in [5.74, 6) is -1.61. The maximum absolute atomic E-state index is 12.6. The molecule has 0 saturated carbocycles. The van der Waals surface area contributed by atoms with Crippen LogP contribution in [0.2, 0.25) is 0 Å². The minimum Gasteiger partial charge on any atom is -0.477 e. The maximum atomic E-state index is 12.6. The lowest BCUT2D eigenvalue weighted by molar-refractivity contribution is -0.129. The van der Waals surface area contributed by atoms with E-state index in [4.69, 9.17) is 10.5 Å². The third kappa shape index (κ3) is 3.16. The van der Waals surface area contributed by atoms with E-state index in [2.05, 4.69) is 0 Å². The molecule has 80 valence electrons. The van der Waals surface area contributed by atoms with Gasteiger partial charge in [0.2, 0.25) is 0 Å². The fourth-order valence-electron chi connectivity index (χ4n) is 1.30. The molecule has 0 saturated heterocycles. The first-order valence-corrected chi connectivity index (χ1v) is 4.57. The maximum Gasteiger partial charge on any atom is 0.349 e. The van der Waals surface area contributed by atoms with Gasteiger partial charge in [-0.15, -0.1) is 0 Å². The molecule has 0 aromatic heterocycles. The van der Waals surface area contributed by atoms with Gasteiger partial charge >= 0.3 is 5.97 Å². The molecule has 1 aromatic carbocycles. The van der Waals surface area contributed by atoms with Gasteiger partial charge in [-0.2, -0.15) is 0 Å². The molecule has 1 aromatic rings. The summed E-state index contributed by atoms with van der Waals surface area (Å²) in [5.41, 5.74) is 0.509. The van der Waals surface area contributed by atoms with E-state index in [1.807, 2.05) is 6.92 Å². The van der Waals surface area contributed by atoms with Crippen molar-refractivity contribution < 1.29 is 14.3 Å². The molecule has 0 aliphatic heterocycles. The second-order valence-corrected chi connectivity index (χ2v) is 3.44. The molecular weight excluding hydrogens is 197 g/mol. The Bertz CT molecular complexity index is 373. The van der Waals surface area contributed by atoms with Gasteiger partial charge in [0, 0.05) is 6.42 Å². The van der Waals surface area contributed by atoms with E-state index in [0.29, 0.717) is 0 Å². The second-order valence-electron chi connectivity index (χ2n) is 3.44. The zero-order chi connectivity index (χ0) is 11.4.